The van der Waals surface area contributed by atoms with Crippen LogP contribution in [-0.2, 0) is 9.59 Å². The summed E-state index contributed by atoms with van der Waals surface area (Å²) in [6.07, 6.45) is -0.941. The van der Waals surface area contributed by atoms with Gasteiger partial charge in [-0.25, -0.2) is 0 Å². The van der Waals surface area contributed by atoms with E-state index in [4.69, 9.17) is 14.2 Å². The third kappa shape index (κ3) is 4.11. The predicted octanol–water partition coefficient (Wildman–Crippen LogP) is 3.42. The third-order valence-electron chi connectivity index (χ3n) is 5.51. The van der Waals surface area contributed by atoms with E-state index in [1.165, 1.54) is 11.8 Å². The molecule has 2 aliphatic rings. The fourth-order valence-electron chi connectivity index (χ4n) is 3.85. The van der Waals surface area contributed by atoms with Gasteiger partial charge in [0.25, 0.3) is 11.8 Å². The topological polar surface area (TPSA) is 106 Å². The first-order valence-corrected chi connectivity index (χ1v) is 10.6. The van der Waals surface area contributed by atoms with Crippen LogP contribution in [0, 0.1) is 0 Å². The molecule has 0 spiro atoms. The Kier molecular flexibility index (Phi) is 5.51. The molecule has 3 aromatic carbocycles. The number of amides is 3. The number of ether oxygens (including phenoxy) is 3. The van der Waals surface area contributed by atoms with Crippen LogP contribution < -0.4 is 29.7 Å². The lowest BCUT2D eigenvalue weighted by molar-refractivity contribution is -0.123. The van der Waals surface area contributed by atoms with Crippen LogP contribution in [0.25, 0.3) is 0 Å². The van der Waals surface area contributed by atoms with E-state index >= 15 is 0 Å². The average molecular weight is 459 g/mol. The normalized spacial score (nSPS) is 15.7. The monoisotopic (exact) mass is 459 g/mol. The lowest BCUT2D eigenvalue weighted by Crippen LogP contribution is -2.48. The Morgan fingerprint density at radius 2 is 1.65 bits per heavy atom. The maximum atomic E-state index is 13.1. The summed E-state index contributed by atoms with van der Waals surface area (Å²) in [5.74, 6) is 0.526. The molecule has 2 aliphatic heterocycles. The van der Waals surface area contributed by atoms with Gasteiger partial charge in [0.1, 0.15) is 5.75 Å². The van der Waals surface area contributed by atoms with Crippen LogP contribution in [-0.4, -0.2) is 37.2 Å². The SMILES string of the molecule is CC(=O)N1C[C@H](C(=O)Nc2ccccc2C(=O)Nc2ccc3c(c2)OCO3)Oc2ccccc21. The van der Waals surface area contributed by atoms with E-state index in [9.17, 15) is 14.4 Å². The molecule has 3 amide bonds. The molecule has 0 bridgehead atoms. The van der Waals surface area contributed by atoms with E-state index in [2.05, 4.69) is 10.6 Å². The molecule has 0 saturated carbocycles. The number of rotatable bonds is 4. The second-order valence-corrected chi connectivity index (χ2v) is 7.76. The lowest BCUT2D eigenvalue weighted by atomic mass is 10.1. The van der Waals surface area contributed by atoms with Crippen molar-refractivity contribution in [2.75, 3.05) is 28.9 Å². The Labute approximate surface area is 195 Å². The third-order valence-corrected chi connectivity index (χ3v) is 5.51. The van der Waals surface area contributed by atoms with Crippen LogP contribution in [0.3, 0.4) is 0 Å². The molecule has 2 heterocycles. The second kappa shape index (κ2) is 8.78. The number of fused-ring (bicyclic) bond motifs is 2. The molecule has 9 nitrogen and oxygen atoms in total. The number of carbonyl (C=O) groups is 3. The number of nitrogens with one attached hydrogen (secondary N) is 2. The first-order chi connectivity index (χ1) is 16.5. The van der Waals surface area contributed by atoms with Crippen molar-refractivity contribution >= 4 is 34.8 Å². The molecule has 0 fully saturated rings. The number of hydrogen-bond acceptors (Lipinski definition) is 6. The van der Waals surface area contributed by atoms with Crippen molar-refractivity contribution in [3.63, 3.8) is 0 Å². The highest BCUT2D eigenvalue weighted by atomic mass is 16.7. The highest BCUT2D eigenvalue weighted by molar-refractivity contribution is 6.11. The van der Waals surface area contributed by atoms with Crippen molar-refractivity contribution in [3.05, 3.63) is 72.3 Å². The highest BCUT2D eigenvalue weighted by Gasteiger charge is 2.33. The summed E-state index contributed by atoms with van der Waals surface area (Å²) in [5, 5.41) is 5.58. The Bertz CT molecular complexity index is 1290. The van der Waals surface area contributed by atoms with Gasteiger partial charge in [0.15, 0.2) is 17.6 Å². The largest absolute Gasteiger partial charge is 0.476 e. The molecule has 2 N–H and O–H groups in total. The molecule has 9 heteroatoms. The Morgan fingerprint density at radius 3 is 2.50 bits per heavy atom. The van der Waals surface area contributed by atoms with Crippen molar-refractivity contribution in [2.24, 2.45) is 0 Å². The molecule has 5 rings (SSSR count). The quantitative estimate of drug-likeness (QED) is 0.619. The van der Waals surface area contributed by atoms with Crippen LogP contribution in [0.2, 0.25) is 0 Å². The Morgan fingerprint density at radius 1 is 0.882 bits per heavy atom. The molecule has 34 heavy (non-hydrogen) atoms. The number of carbonyl (C=O) groups excluding carboxylic acids is 3. The molecule has 172 valence electrons. The predicted molar refractivity (Wildman–Crippen MR) is 124 cm³/mol. The number of anilines is 3. The van der Waals surface area contributed by atoms with E-state index in [1.807, 2.05) is 0 Å². The molecule has 0 saturated heterocycles. The summed E-state index contributed by atoms with van der Waals surface area (Å²) < 4.78 is 16.5. The minimum absolute atomic E-state index is 0.0593. The van der Waals surface area contributed by atoms with E-state index < -0.39 is 17.9 Å². The van der Waals surface area contributed by atoms with Gasteiger partial charge in [-0.3, -0.25) is 14.4 Å². The number of para-hydroxylation sites is 3. The fraction of sp³-hybridized carbons (Fsp3) is 0.160. The maximum absolute atomic E-state index is 13.1. The summed E-state index contributed by atoms with van der Waals surface area (Å²) in [5.41, 5.74) is 1.73. The highest BCUT2D eigenvalue weighted by Crippen LogP contribution is 2.35. The average Bonchev–Trinajstić information content (AvgIpc) is 3.31. The second-order valence-electron chi connectivity index (χ2n) is 7.76. The van der Waals surface area contributed by atoms with Gasteiger partial charge in [0, 0.05) is 18.7 Å². The van der Waals surface area contributed by atoms with Crippen LogP contribution in [0.5, 0.6) is 17.2 Å². The van der Waals surface area contributed by atoms with E-state index in [1.54, 1.807) is 66.7 Å². The zero-order valence-corrected chi connectivity index (χ0v) is 18.2. The first kappa shape index (κ1) is 21.3. The van der Waals surface area contributed by atoms with Gasteiger partial charge in [-0.15, -0.1) is 0 Å². The molecule has 0 radical (unpaired) electrons. The number of hydrogen-bond donors (Lipinski definition) is 2. The van der Waals surface area contributed by atoms with Gasteiger partial charge in [-0.05, 0) is 36.4 Å². The van der Waals surface area contributed by atoms with Crippen LogP contribution in [0.1, 0.15) is 17.3 Å². The van der Waals surface area contributed by atoms with E-state index in [0.29, 0.717) is 34.3 Å². The van der Waals surface area contributed by atoms with Gasteiger partial charge < -0.3 is 29.7 Å². The molecular weight excluding hydrogens is 438 g/mol. The number of nitrogens with zero attached hydrogens (tertiary/aromatic N) is 1. The standard InChI is InChI=1S/C25H21N3O6/c1-15(29)28-13-23(34-20-9-5-4-8-19(20)28)25(31)27-18-7-3-2-6-17(18)24(30)26-16-10-11-21-22(12-16)33-14-32-21/h2-12,23H,13-14H2,1H3,(H,26,30)(H,27,31)/t23-/m1/s1. The molecule has 0 aromatic heterocycles. The Balaban J connectivity index is 1.33. The van der Waals surface area contributed by atoms with Gasteiger partial charge in [-0.1, -0.05) is 24.3 Å². The van der Waals surface area contributed by atoms with Gasteiger partial charge in [0.05, 0.1) is 23.5 Å². The van der Waals surface area contributed by atoms with Crippen molar-refractivity contribution in [3.8, 4) is 17.2 Å². The molecule has 0 unspecified atom stereocenters. The summed E-state index contributed by atoms with van der Waals surface area (Å²) in [6, 6.07) is 18.8. The van der Waals surface area contributed by atoms with Gasteiger partial charge in [-0.2, -0.15) is 0 Å². The van der Waals surface area contributed by atoms with Gasteiger partial charge >= 0.3 is 0 Å². The first-order valence-electron chi connectivity index (χ1n) is 10.6. The van der Waals surface area contributed by atoms with Crippen LogP contribution in [0.4, 0.5) is 17.1 Å². The van der Waals surface area contributed by atoms with Crippen LogP contribution in [0.15, 0.2) is 66.7 Å². The van der Waals surface area contributed by atoms with Crippen molar-refractivity contribution < 1.29 is 28.6 Å². The van der Waals surface area contributed by atoms with Crippen molar-refractivity contribution in [1.82, 2.24) is 0 Å². The van der Waals surface area contributed by atoms with Gasteiger partial charge in [0.2, 0.25) is 12.7 Å². The van der Waals surface area contributed by atoms with Crippen molar-refractivity contribution in [2.45, 2.75) is 13.0 Å². The summed E-state index contributed by atoms with van der Waals surface area (Å²) >= 11 is 0. The maximum Gasteiger partial charge on any atom is 0.267 e. The minimum atomic E-state index is -0.941. The Hall–Kier alpha value is -4.53. The molecule has 3 aromatic rings. The lowest BCUT2D eigenvalue weighted by Gasteiger charge is -2.33. The van der Waals surface area contributed by atoms with Crippen molar-refractivity contribution in [1.29, 1.82) is 0 Å². The summed E-state index contributed by atoms with van der Waals surface area (Å²) in [6.45, 7) is 1.63. The molecular formula is C25H21N3O6. The van der Waals surface area contributed by atoms with Crippen LogP contribution >= 0.6 is 0 Å². The summed E-state index contributed by atoms with van der Waals surface area (Å²) in [4.78, 5) is 39.7. The smallest absolute Gasteiger partial charge is 0.267 e. The zero-order chi connectivity index (χ0) is 23.7. The van der Waals surface area contributed by atoms with E-state index in [-0.39, 0.29) is 24.8 Å². The van der Waals surface area contributed by atoms with E-state index in [0.717, 1.165) is 0 Å². The molecule has 0 aliphatic carbocycles. The zero-order valence-electron chi connectivity index (χ0n) is 18.2. The summed E-state index contributed by atoms with van der Waals surface area (Å²) in [7, 11) is 0. The number of benzene rings is 3. The molecule has 1 atom stereocenters. The minimum Gasteiger partial charge on any atom is -0.476 e. The fourth-order valence-corrected chi connectivity index (χ4v) is 3.85.